The number of unbranched alkanes of at least 4 members (excludes halogenated alkanes) is 5. The highest BCUT2D eigenvalue weighted by Crippen LogP contribution is 2.07. The van der Waals surface area contributed by atoms with Crippen LogP contribution in [0.3, 0.4) is 0 Å². The number of hydrogen-bond acceptors (Lipinski definition) is 4. The van der Waals surface area contributed by atoms with Crippen LogP contribution >= 0.6 is 0 Å². The molecule has 35 heavy (non-hydrogen) atoms. The van der Waals surface area contributed by atoms with Crippen LogP contribution in [0.25, 0.3) is 0 Å². The van der Waals surface area contributed by atoms with E-state index in [4.69, 9.17) is 14.6 Å². The van der Waals surface area contributed by atoms with E-state index in [1.807, 2.05) is 0 Å². The van der Waals surface area contributed by atoms with Crippen molar-refractivity contribution in [1.82, 2.24) is 0 Å². The van der Waals surface area contributed by atoms with Gasteiger partial charge in [0, 0.05) is 13.5 Å². The van der Waals surface area contributed by atoms with Gasteiger partial charge >= 0.3 is 5.97 Å². The van der Waals surface area contributed by atoms with Gasteiger partial charge in [-0.05, 0) is 57.8 Å². The summed E-state index contributed by atoms with van der Waals surface area (Å²) in [7, 11) is 0. The number of carbonyl (C=O) groups excluding carboxylic acids is 1. The average Bonchev–Trinajstić information content (AvgIpc) is 2.85. The van der Waals surface area contributed by atoms with Crippen molar-refractivity contribution < 1.29 is 19.4 Å². The van der Waals surface area contributed by atoms with Gasteiger partial charge in [0.2, 0.25) is 0 Å². The van der Waals surface area contributed by atoms with Gasteiger partial charge in [0.1, 0.15) is 6.10 Å². The smallest absolute Gasteiger partial charge is 0.303 e. The van der Waals surface area contributed by atoms with Crippen LogP contribution in [-0.4, -0.2) is 37.0 Å². The Balaban J connectivity index is 3.46. The molecule has 0 heterocycles. The fourth-order valence-electron chi connectivity index (χ4n) is 3.21. The molecule has 1 N–H and O–H groups in total. The molecule has 0 aromatic heterocycles. The monoisotopic (exact) mass is 486 g/mol. The number of hydrogen-bond donors (Lipinski definition) is 1. The van der Waals surface area contributed by atoms with E-state index in [9.17, 15) is 4.79 Å². The Hall–Kier alpha value is -2.17. The molecule has 0 rings (SSSR count). The van der Waals surface area contributed by atoms with Crippen LogP contribution in [0.4, 0.5) is 0 Å². The molecule has 198 valence electrons. The standard InChI is InChI=1S/C31H50O4/c1-3-4-5-6-7-8-9-10-11-12-13-14-15-16-17-18-19-20-21-22-23-24-25-26-27-34-29-31(28-32)35-30(2)33/h4-5,7-8,10-11,13-14,16-17,19-20,31-32H,3,6,9,12,15,18,21-29H2,1-2H3/b5-4-,8-7-,11-10-,14-13-,17-16-,20-19-. The molecule has 0 spiro atoms. The second kappa shape index (κ2) is 28.1. The van der Waals surface area contributed by atoms with E-state index in [0.29, 0.717) is 6.61 Å². The van der Waals surface area contributed by atoms with Crippen LogP contribution in [0.2, 0.25) is 0 Å². The van der Waals surface area contributed by atoms with Gasteiger partial charge in [-0.2, -0.15) is 0 Å². The molecule has 0 amide bonds. The van der Waals surface area contributed by atoms with E-state index < -0.39 is 6.10 Å². The maximum Gasteiger partial charge on any atom is 0.303 e. The highest BCUT2D eigenvalue weighted by atomic mass is 16.6. The summed E-state index contributed by atoms with van der Waals surface area (Å²) in [4.78, 5) is 10.9. The van der Waals surface area contributed by atoms with E-state index in [-0.39, 0.29) is 19.2 Å². The Bertz CT molecular complexity index is 640. The second-order valence-corrected chi connectivity index (χ2v) is 8.46. The molecule has 0 saturated heterocycles. The fourth-order valence-corrected chi connectivity index (χ4v) is 3.21. The summed E-state index contributed by atoms with van der Waals surface area (Å²) in [6.07, 6.45) is 39.3. The average molecular weight is 487 g/mol. The molecule has 0 radical (unpaired) electrons. The van der Waals surface area contributed by atoms with Gasteiger partial charge in [0.15, 0.2) is 0 Å². The highest BCUT2D eigenvalue weighted by molar-refractivity contribution is 5.66. The quantitative estimate of drug-likeness (QED) is 0.0904. The first-order chi connectivity index (χ1) is 17.2. The number of ether oxygens (including phenoxy) is 2. The molecule has 1 atom stereocenters. The molecule has 0 aliphatic rings. The van der Waals surface area contributed by atoms with Crippen molar-refractivity contribution in [2.75, 3.05) is 19.8 Å². The molecule has 0 aromatic rings. The molecular weight excluding hydrogens is 436 g/mol. The Labute approximate surface area is 215 Å². The second-order valence-electron chi connectivity index (χ2n) is 8.46. The zero-order valence-corrected chi connectivity index (χ0v) is 22.3. The molecule has 0 aliphatic carbocycles. The molecule has 0 aromatic carbocycles. The molecule has 1 unspecified atom stereocenters. The van der Waals surface area contributed by atoms with Crippen LogP contribution in [0, 0.1) is 0 Å². The van der Waals surface area contributed by atoms with Crippen LogP contribution in [0.5, 0.6) is 0 Å². The summed E-state index contributed by atoms with van der Waals surface area (Å²) in [5, 5.41) is 9.09. The Morgan fingerprint density at radius 2 is 1.14 bits per heavy atom. The van der Waals surface area contributed by atoms with E-state index in [0.717, 1.165) is 57.8 Å². The van der Waals surface area contributed by atoms with E-state index in [1.54, 1.807) is 0 Å². The van der Waals surface area contributed by atoms with Crippen LogP contribution < -0.4 is 0 Å². The predicted molar refractivity (Wildman–Crippen MR) is 149 cm³/mol. The molecular formula is C31H50O4. The maximum atomic E-state index is 10.9. The fraction of sp³-hybridized carbons (Fsp3) is 0.581. The predicted octanol–water partition coefficient (Wildman–Crippen LogP) is 7.97. The van der Waals surface area contributed by atoms with Crippen LogP contribution in [-0.2, 0) is 14.3 Å². The molecule has 0 bridgehead atoms. The lowest BCUT2D eigenvalue weighted by molar-refractivity contribution is -0.152. The minimum absolute atomic E-state index is 0.200. The topological polar surface area (TPSA) is 55.8 Å². The van der Waals surface area contributed by atoms with Gasteiger partial charge in [-0.15, -0.1) is 0 Å². The van der Waals surface area contributed by atoms with Crippen molar-refractivity contribution in [1.29, 1.82) is 0 Å². The molecule has 4 heteroatoms. The van der Waals surface area contributed by atoms with E-state index in [1.165, 1.54) is 26.2 Å². The van der Waals surface area contributed by atoms with E-state index in [2.05, 4.69) is 79.8 Å². The number of esters is 1. The molecule has 4 nitrogen and oxygen atoms in total. The van der Waals surface area contributed by atoms with Gasteiger partial charge < -0.3 is 14.6 Å². The van der Waals surface area contributed by atoms with Gasteiger partial charge in [-0.25, -0.2) is 0 Å². The lowest BCUT2D eigenvalue weighted by Gasteiger charge is -2.14. The van der Waals surface area contributed by atoms with Gasteiger partial charge in [-0.1, -0.05) is 99.1 Å². The van der Waals surface area contributed by atoms with Crippen molar-refractivity contribution in [3.05, 3.63) is 72.9 Å². The third kappa shape index (κ3) is 28.0. The number of aliphatic hydroxyl groups excluding tert-OH is 1. The summed E-state index contributed by atoms with van der Waals surface area (Å²) in [6.45, 7) is 4.20. The Kier molecular flexibility index (Phi) is 26.3. The summed E-state index contributed by atoms with van der Waals surface area (Å²) in [5.74, 6) is -0.389. The van der Waals surface area contributed by atoms with Gasteiger partial charge in [-0.3, -0.25) is 4.79 Å². The molecule has 0 aliphatic heterocycles. The maximum absolute atomic E-state index is 10.9. The zero-order valence-electron chi connectivity index (χ0n) is 22.3. The third-order valence-electron chi connectivity index (χ3n) is 5.10. The number of carbonyl (C=O) groups is 1. The minimum Gasteiger partial charge on any atom is -0.458 e. The zero-order chi connectivity index (χ0) is 25.7. The summed E-state index contributed by atoms with van der Waals surface area (Å²) in [6, 6.07) is 0. The largest absolute Gasteiger partial charge is 0.458 e. The van der Waals surface area contributed by atoms with Gasteiger partial charge in [0.25, 0.3) is 0 Å². The Morgan fingerprint density at radius 3 is 1.63 bits per heavy atom. The number of aliphatic hydroxyl groups is 1. The SMILES string of the molecule is CC/C=C\C/C=C\C/C=C\C/C=C\C/C=C\C/C=C\CCCCCCCOCC(CO)OC(C)=O. The lowest BCUT2D eigenvalue weighted by atomic mass is 10.1. The van der Waals surface area contributed by atoms with Crippen molar-refractivity contribution in [3.8, 4) is 0 Å². The Morgan fingerprint density at radius 1 is 0.686 bits per heavy atom. The van der Waals surface area contributed by atoms with Crippen LogP contribution in [0.15, 0.2) is 72.9 Å². The van der Waals surface area contributed by atoms with Crippen LogP contribution in [0.1, 0.15) is 90.9 Å². The third-order valence-corrected chi connectivity index (χ3v) is 5.10. The number of rotatable bonds is 23. The van der Waals surface area contributed by atoms with Crippen molar-refractivity contribution in [3.63, 3.8) is 0 Å². The molecule has 0 saturated carbocycles. The first kappa shape index (κ1) is 32.8. The molecule has 0 fully saturated rings. The normalized spacial score (nSPS) is 13.6. The summed E-state index contributed by atoms with van der Waals surface area (Å²) in [5.41, 5.74) is 0. The van der Waals surface area contributed by atoms with Gasteiger partial charge in [0.05, 0.1) is 13.2 Å². The van der Waals surface area contributed by atoms with Crippen molar-refractivity contribution in [2.24, 2.45) is 0 Å². The first-order valence-electron chi connectivity index (χ1n) is 13.5. The summed E-state index contributed by atoms with van der Waals surface area (Å²) >= 11 is 0. The van der Waals surface area contributed by atoms with E-state index >= 15 is 0 Å². The van der Waals surface area contributed by atoms with Crippen molar-refractivity contribution >= 4 is 5.97 Å². The number of allylic oxidation sites excluding steroid dienone is 12. The highest BCUT2D eigenvalue weighted by Gasteiger charge is 2.10. The summed E-state index contributed by atoms with van der Waals surface area (Å²) < 4.78 is 10.4. The van der Waals surface area contributed by atoms with Crippen molar-refractivity contribution in [2.45, 2.75) is 97.0 Å². The first-order valence-corrected chi connectivity index (χ1v) is 13.5. The lowest BCUT2D eigenvalue weighted by Crippen LogP contribution is -2.26. The minimum atomic E-state index is -0.547.